The Kier molecular flexibility index (Phi) is 6.65. The van der Waals surface area contributed by atoms with Crippen LogP contribution in [0.4, 0.5) is 0 Å². The van der Waals surface area contributed by atoms with E-state index in [1.54, 1.807) is 24.5 Å². The molecule has 148 valence electrons. The fourth-order valence-electron chi connectivity index (χ4n) is 3.79. The number of ether oxygens (including phenoxy) is 1. The molecule has 1 aromatic carbocycles. The first-order valence-corrected chi connectivity index (χ1v) is 9.44. The Morgan fingerprint density at radius 1 is 1.07 bits per heavy atom. The van der Waals surface area contributed by atoms with Gasteiger partial charge in [-0.1, -0.05) is 18.2 Å². The van der Waals surface area contributed by atoms with Crippen LogP contribution in [-0.2, 0) is 4.74 Å². The lowest BCUT2D eigenvalue weighted by molar-refractivity contribution is 0.0353. The SMILES string of the molecule is Cl.O=C1OC(CCCN2CCN(C(=O)c3ccncc3)CC2)c2ccccc21. The number of rotatable bonds is 5. The number of aromatic nitrogens is 1. The van der Waals surface area contributed by atoms with Gasteiger partial charge in [0.2, 0.25) is 0 Å². The van der Waals surface area contributed by atoms with E-state index in [0.29, 0.717) is 11.1 Å². The van der Waals surface area contributed by atoms with Gasteiger partial charge in [0.1, 0.15) is 6.10 Å². The summed E-state index contributed by atoms with van der Waals surface area (Å²) in [7, 11) is 0. The van der Waals surface area contributed by atoms with Crippen molar-refractivity contribution in [3.8, 4) is 0 Å². The number of carbonyl (C=O) groups excluding carboxylic acids is 2. The topological polar surface area (TPSA) is 62.7 Å². The number of carbonyl (C=O) groups is 2. The molecule has 2 aliphatic heterocycles. The normalized spacial score (nSPS) is 18.9. The van der Waals surface area contributed by atoms with Crippen LogP contribution in [0.2, 0.25) is 0 Å². The number of piperazine rings is 1. The second-order valence-corrected chi connectivity index (χ2v) is 6.99. The van der Waals surface area contributed by atoms with Gasteiger partial charge in [-0.05, 0) is 37.6 Å². The summed E-state index contributed by atoms with van der Waals surface area (Å²) < 4.78 is 5.50. The van der Waals surface area contributed by atoms with Crippen molar-refractivity contribution in [1.29, 1.82) is 0 Å². The van der Waals surface area contributed by atoms with E-state index >= 15 is 0 Å². The average Bonchev–Trinajstić information content (AvgIpc) is 3.05. The highest BCUT2D eigenvalue weighted by atomic mass is 35.5. The van der Waals surface area contributed by atoms with E-state index in [4.69, 9.17) is 4.74 Å². The van der Waals surface area contributed by atoms with Crippen molar-refractivity contribution >= 4 is 24.3 Å². The minimum atomic E-state index is -0.209. The second kappa shape index (κ2) is 9.17. The van der Waals surface area contributed by atoms with Crippen molar-refractivity contribution in [1.82, 2.24) is 14.8 Å². The number of esters is 1. The molecule has 1 fully saturated rings. The van der Waals surface area contributed by atoms with Crippen molar-refractivity contribution < 1.29 is 14.3 Å². The summed E-state index contributed by atoms with van der Waals surface area (Å²) in [5, 5.41) is 0. The van der Waals surface area contributed by atoms with Gasteiger partial charge in [0.15, 0.2) is 0 Å². The van der Waals surface area contributed by atoms with E-state index in [0.717, 1.165) is 51.1 Å². The third kappa shape index (κ3) is 4.34. The number of cyclic esters (lactones) is 1. The predicted molar refractivity (Wildman–Crippen MR) is 108 cm³/mol. The van der Waals surface area contributed by atoms with Crippen LogP contribution in [0, 0.1) is 0 Å². The molecule has 1 amide bonds. The predicted octanol–water partition coefficient (Wildman–Crippen LogP) is 2.95. The number of hydrogen-bond acceptors (Lipinski definition) is 5. The van der Waals surface area contributed by atoms with Gasteiger partial charge < -0.3 is 9.64 Å². The fraction of sp³-hybridized carbons (Fsp3) is 0.381. The number of hydrogen-bond donors (Lipinski definition) is 0. The van der Waals surface area contributed by atoms with E-state index in [1.165, 1.54) is 0 Å². The Balaban J connectivity index is 0.00000225. The quantitative estimate of drug-likeness (QED) is 0.721. The van der Waals surface area contributed by atoms with Crippen molar-refractivity contribution in [3.63, 3.8) is 0 Å². The fourth-order valence-corrected chi connectivity index (χ4v) is 3.79. The minimum Gasteiger partial charge on any atom is -0.454 e. The first-order valence-electron chi connectivity index (χ1n) is 9.44. The zero-order valence-corrected chi connectivity index (χ0v) is 16.4. The number of benzene rings is 1. The molecule has 1 atom stereocenters. The summed E-state index contributed by atoms with van der Waals surface area (Å²) in [4.78, 5) is 32.6. The monoisotopic (exact) mass is 401 g/mol. The van der Waals surface area contributed by atoms with Crippen LogP contribution in [-0.4, -0.2) is 59.4 Å². The van der Waals surface area contributed by atoms with Gasteiger partial charge in [-0.25, -0.2) is 4.79 Å². The van der Waals surface area contributed by atoms with E-state index in [1.807, 2.05) is 29.2 Å². The lowest BCUT2D eigenvalue weighted by atomic mass is 10.0. The molecule has 0 spiro atoms. The van der Waals surface area contributed by atoms with Gasteiger partial charge in [-0.15, -0.1) is 12.4 Å². The van der Waals surface area contributed by atoms with Crippen LogP contribution in [0.1, 0.15) is 45.2 Å². The molecule has 0 aliphatic carbocycles. The Morgan fingerprint density at radius 3 is 2.54 bits per heavy atom. The third-order valence-electron chi connectivity index (χ3n) is 5.30. The van der Waals surface area contributed by atoms with Crippen LogP contribution in [0.5, 0.6) is 0 Å². The molecular formula is C21H24ClN3O3. The summed E-state index contributed by atoms with van der Waals surface area (Å²) in [5.74, 6) is -0.134. The van der Waals surface area contributed by atoms with E-state index in [9.17, 15) is 9.59 Å². The highest BCUT2D eigenvalue weighted by Gasteiger charge is 2.30. The second-order valence-electron chi connectivity index (χ2n) is 6.99. The molecule has 0 N–H and O–H groups in total. The molecule has 0 radical (unpaired) electrons. The lowest BCUT2D eigenvalue weighted by Gasteiger charge is -2.34. The van der Waals surface area contributed by atoms with Gasteiger partial charge in [-0.3, -0.25) is 14.7 Å². The molecule has 0 bridgehead atoms. The first kappa shape index (κ1) is 20.3. The lowest BCUT2D eigenvalue weighted by Crippen LogP contribution is -2.48. The van der Waals surface area contributed by atoms with Crippen LogP contribution in [0.25, 0.3) is 0 Å². The molecular weight excluding hydrogens is 378 g/mol. The molecule has 6 nitrogen and oxygen atoms in total. The molecule has 2 aromatic rings. The molecule has 1 saturated heterocycles. The van der Waals surface area contributed by atoms with Gasteiger partial charge in [0.25, 0.3) is 5.91 Å². The summed E-state index contributed by atoms with van der Waals surface area (Å²) in [6, 6.07) is 11.2. The highest BCUT2D eigenvalue weighted by molar-refractivity contribution is 5.94. The van der Waals surface area contributed by atoms with Crippen molar-refractivity contribution in [2.75, 3.05) is 32.7 Å². The molecule has 2 aliphatic rings. The number of pyridine rings is 1. The maximum Gasteiger partial charge on any atom is 0.339 e. The molecule has 1 aromatic heterocycles. The standard InChI is InChI=1S/C21H23N3O3.ClH/c25-20(16-7-9-22-10-8-16)24-14-12-23(13-15-24)11-3-6-19-17-4-1-2-5-18(17)21(26)27-19;/h1-2,4-5,7-10,19H,3,6,11-15H2;1H. The van der Waals surface area contributed by atoms with E-state index in [2.05, 4.69) is 9.88 Å². The summed E-state index contributed by atoms with van der Waals surface area (Å²) >= 11 is 0. The number of halogens is 1. The van der Waals surface area contributed by atoms with E-state index in [-0.39, 0.29) is 30.4 Å². The van der Waals surface area contributed by atoms with Gasteiger partial charge in [-0.2, -0.15) is 0 Å². The van der Waals surface area contributed by atoms with Crippen LogP contribution in [0.3, 0.4) is 0 Å². The van der Waals surface area contributed by atoms with Gasteiger partial charge in [0.05, 0.1) is 5.56 Å². The smallest absolute Gasteiger partial charge is 0.339 e. The maximum absolute atomic E-state index is 12.5. The zero-order valence-electron chi connectivity index (χ0n) is 15.6. The Hall–Kier alpha value is -2.44. The van der Waals surface area contributed by atoms with Crippen LogP contribution >= 0.6 is 12.4 Å². The summed E-state index contributed by atoms with van der Waals surface area (Å²) in [5.41, 5.74) is 2.40. The summed E-state index contributed by atoms with van der Waals surface area (Å²) in [6.07, 6.45) is 4.97. The number of amides is 1. The van der Waals surface area contributed by atoms with Crippen molar-refractivity contribution in [2.45, 2.75) is 18.9 Å². The van der Waals surface area contributed by atoms with Crippen LogP contribution in [0.15, 0.2) is 48.8 Å². The number of fused-ring (bicyclic) bond motifs is 1. The summed E-state index contributed by atoms with van der Waals surface area (Å²) in [6.45, 7) is 4.17. The Morgan fingerprint density at radius 2 is 1.79 bits per heavy atom. The molecule has 1 unspecified atom stereocenters. The average molecular weight is 402 g/mol. The largest absolute Gasteiger partial charge is 0.454 e. The van der Waals surface area contributed by atoms with Gasteiger partial charge in [0, 0.05) is 49.7 Å². The van der Waals surface area contributed by atoms with E-state index < -0.39 is 0 Å². The number of nitrogens with zero attached hydrogens (tertiary/aromatic N) is 3. The molecule has 0 saturated carbocycles. The maximum atomic E-state index is 12.5. The molecule has 28 heavy (non-hydrogen) atoms. The Bertz CT molecular complexity index is 823. The Labute approximate surface area is 170 Å². The molecule has 3 heterocycles. The van der Waals surface area contributed by atoms with Gasteiger partial charge >= 0.3 is 5.97 Å². The van der Waals surface area contributed by atoms with Crippen molar-refractivity contribution in [2.24, 2.45) is 0 Å². The first-order chi connectivity index (χ1) is 13.2. The van der Waals surface area contributed by atoms with Crippen molar-refractivity contribution in [3.05, 3.63) is 65.5 Å². The highest BCUT2D eigenvalue weighted by Crippen LogP contribution is 2.33. The minimum absolute atomic E-state index is 0. The van der Waals surface area contributed by atoms with Crippen LogP contribution < -0.4 is 0 Å². The molecule has 4 rings (SSSR count). The third-order valence-corrected chi connectivity index (χ3v) is 5.30. The zero-order chi connectivity index (χ0) is 18.6. The molecule has 7 heteroatoms.